The third kappa shape index (κ3) is 4.48. The van der Waals surface area contributed by atoms with Crippen molar-refractivity contribution in [3.05, 3.63) is 52.8 Å². The molecule has 1 aromatic heterocycles. The van der Waals surface area contributed by atoms with Crippen LogP contribution in [0.3, 0.4) is 0 Å². The number of carbonyl (C=O) groups excluding carboxylic acids is 2. The average molecular weight is 369 g/mol. The van der Waals surface area contributed by atoms with Crippen molar-refractivity contribution < 1.29 is 9.59 Å². The molecule has 0 radical (unpaired) electrons. The minimum Gasteiger partial charge on any atom is -0.338 e. The van der Waals surface area contributed by atoms with Gasteiger partial charge in [-0.2, -0.15) is 5.10 Å². The number of aromatic nitrogens is 2. The molecule has 0 saturated carbocycles. The van der Waals surface area contributed by atoms with Crippen molar-refractivity contribution in [3.8, 4) is 0 Å². The molecule has 1 aliphatic rings. The number of rotatable bonds is 4. The molecule has 3 amide bonds. The Bertz CT molecular complexity index is 822. The van der Waals surface area contributed by atoms with Gasteiger partial charge in [0.1, 0.15) is 0 Å². The topological polar surface area (TPSA) is 70.5 Å². The number of amides is 3. The van der Waals surface area contributed by atoms with Gasteiger partial charge in [0.2, 0.25) is 0 Å². The molecule has 0 aliphatic carbocycles. The first-order chi connectivity index (χ1) is 13.0. The first kappa shape index (κ1) is 18.9. The maximum absolute atomic E-state index is 12.9. The summed E-state index contributed by atoms with van der Waals surface area (Å²) in [6.07, 6.45) is 0. The monoisotopic (exact) mass is 369 g/mol. The Morgan fingerprint density at radius 2 is 1.78 bits per heavy atom. The smallest absolute Gasteiger partial charge is 0.317 e. The molecule has 2 aromatic rings. The SMILES string of the molecule is CCNC(=O)N1CCN(C(=O)c2cccc(Cn3nc(C)cc3C)c2)CC1. The zero-order valence-electron chi connectivity index (χ0n) is 16.2. The van der Waals surface area contributed by atoms with Crippen molar-refractivity contribution in [1.82, 2.24) is 24.9 Å². The quantitative estimate of drug-likeness (QED) is 0.897. The minimum atomic E-state index is -0.0588. The number of nitrogens with one attached hydrogen (secondary N) is 1. The molecule has 1 aromatic carbocycles. The lowest BCUT2D eigenvalue weighted by Crippen LogP contribution is -2.53. The summed E-state index contributed by atoms with van der Waals surface area (Å²) < 4.78 is 1.95. The minimum absolute atomic E-state index is 0.0146. The van der Waals surface area contributed by atoms with E-state index in [1.54, 1.807) is 4.90 Å². The van der Waals surface area contributed by atoms with Crippen LogP contribution in [0, 0.1) is 13.8 Å². The highest BCUT2D eigenvalue weighted by atomic mass is 16.2. The summed E-state index contributed by atoms with van der Waals surface area (Å²) in [6.45, 7) is 9.39. The van der Waals surface area contributed by atoms with Gasteiger partial charge in [0, 0.05) is 44.0 Å². The number of hydrogen-bond acceptors (Lipinski definition) is 3. The Morgan fingerprint density at radius 1 is 1.07 bits per heavy atom. The predicted octanol–water partition coefficient (Wildman–Crippen LogP) is 2.04. The van der Waals surface area contributed by atoms with Crippen LogP contribution in [-0.4, -0.2) is 64.2 Å². The third-order valence-corrected chi connectivity index (χ3v) is 4.79. The molecule has 3 rings (SSSR count). The van der Waals surface area contributed by atoms with Gasteiger partial charge in [-0.15, -0.1) is 0 Å². The number of benzene rings is 1. The number of aryl methyl sites for hydroxylation is 2. The summed E-state index contributed by atoms with van der Waals surface area (Å²) in [7, 11) is 0. The van der Waals surface area contributed by atoms with Crippen molar-refractivity contribution >= 4 is 11.9 Å². The molecule has 1 saturated heterocycles. The third-order valence-electron chi connectivity index (χ3n) is 4.79. The van der Waals surface area contributed by atoms with Crippen LogP contribution in [0.1, 0.15) is 34.2 Å². The van der Waals surface area contributed by atoms with Crippen molar-refractivity contribution in [2.45, 2.75) is 27.3 Å². The van der Waals surface area contributed by atoms with E-state index in [1.165, 1.54) is 0 Å². The van der Waals surface area contributed by atoms with E-state index in [0.717, 1.165) is 17.0 Å². The Kier molecular flexibility index (Phi) is 5.78. The largest absolute Gasteiger partial charge is 0.338 e. The molecule has 7 heteroatoms. The normalized spacial score (nSPS) is 14.3. The molecule has 0 unspecified atom stereocenters. The standard InChI is InChI=1S/C20H27N5O2/c1-4-21-20(27)24-10-8-23(9-11-24)19(26)18-7-5-6-17(13-18)14-25-16(3)12-15(2)22-25/h5-7,12-13H,4,8-11,14H2,1-3H3,(H,21,27). The number of nitrogens with zero attached hydrogens (tertiary/aromatic N) is 4. The van der Waals surface area contributed by atoms with E-state index in [0.29, 0.717) is 44.8 Å². The second-order valence-electron chi connectivity index (χ2n) is 6.90. The van der Waals surface area contributed by atoms with Crippen LogP contribution < -0.4 is 5.32 Å². The fourth-order valence-electron chi connectivity index (χ4n) is 3.37. The lowest BCUT2D eigenvalue weighted by atomic mass is 10.1. The van der Waals surface area contributed by atoms with Crippen molar-refractivity contribution in [2.75, 3.05) is 32.7 Å². The van der Waals surface area contributed by atoms with Gasteiger partial charge < -0.3 is 15.1 Å². The van der Waals surface area contributed by atoms with Gasteiger partial charge in [0.05, 0.1) is 12.2 Å². The highest BCUT2D eigenvalue weighted by molar-refractivity contribution is 5.94. The summed E-state index contributed by atoms with van der Waals surface area (Å²) in [5.74, 6) is 0.0146. The molecular weight excluding hydrogens is 342 g/mol. The molecule has 1 aliphatic heterocycles. The van der Waals surface area contributed by atoms with Crippen LogP contribution in [-0.2, 0) is 6.54 Å². The molecular formula is C20H27N5O2. The van der Waals surface area contributed by atoms with Gasteiger partial charge in [0.25, 0.3) is 5.91 Å². The van der Waals surface area contributed by atoms with E-state index in [9.17, 15) is 9.59 Å². The molecule has 0 atom stereocenters. The molecule has 1 N–H and O–H groups in total. The van der Waals surface area contributed by atoms with Gasteiger partial charge in [-0.25, -0.2) is 4.79 Å². The first-order valence-corrected chi connectivity index (χ1v) is 9.40. The molecule has 27 heavy (non-hydrogen) atoms. The Balaban J connectivity index is 1.64. The zero-order valence-corrected chi connectivity index (χ0v) is 16.2. The summed E-state index contributed by atoms with van der Waals surface area (Å²) in [6, 6.07) is 9.71. The molecule has 1 fully saturated rings. The van der Waals surface area contributed by atoms with Gasteiger partial charge in [-0.3, -0.25) is 9.48 Å². The molecule has 2 heterocycles. The van der Waals surface area contributed by atoms with Crippen molar-refractivity contribution in [1.29, 1.82) is 0 Å². The zero-order chi connectivity index (χ0) is 19.4. The lowest BCUT2D eigenvalue weighted by molar-refractivity contribution is 0.0665. The lowest BCUT2D eigenvalue weighted by Gasteiger charge is -2.34. The fraction of sp³-hybridized carbons (Fsp3) is 0.450. The highest BCUT2D eigenvalue weighted by Crippen LogP contribution is 2.13. The van der Waals surface area contributed by atoms with E-state index in [-0.39, 0.29) is 11.9 Å². The number of carbonyl (C=O) groups is 2. The summed E-state index contributed by atoms with van der Waals surface area (Å²) in [4.78, 5) is 28.3. The first-order valence-electron chi connectivity index (χ1n) is 9.40. The number of hydrogen-bond donors (Lipinski definition) is 1. The Morgan fingerprint density at radius 3 is 2.41 bits per heavy atom. The molecule has 7 nitrogen and oxygen atoms in total. The Labute approximate surface area is 159 Å². The highest BCUT2D eigenvalue weighted by Gasteiger charge is 2.24. The van der Waals surface area contributed by atoms with E-state index >= 15 is 0 Å². The van der Waals surface area contributed by atoms with Crippen molar-refractivity contribution in [2.24, 2.45) is 0 Å². The summed E-state index contributed by atoms with van der Waals surface area (Å²) in [5.41, 5.74) is 3.82. The van der Waals surface area contributed by atoms with Gasteiger partial charge in [-0.1, -0.05) is 12.1 Å². The van der Waals surface area contributed by atoms with Gasteiger partial charge in [0.15, 0.2) is 0 Å². The number of urea groups is 1. The maximum atomic E-state index is 12.9. The molecule has 144 valence electrons. The number of piperazine rings is 1. The van der Waals surface area contributed by atoms with Crippen molar-refractivity contribution in [3.63, 3.8) is 0 Å². The van der Waals surface area contributed by atoms with Gasteiger partial charge >= 0.3 is 6.03 Å². The summed E-state index contributed by atoms with van der Waals surface area (Å²) >= 11 is 0. The summed E-state index contributed by atoms with van der Waals surface area (Å²) in [5, 5.41) is 7.29. The van der Waals surface area contributed by atoms with E-state index in [1.807, 2.05) is 60.7 Å². The molecule has 0 bridgehead atoms. The van der Waals surface area contributed by atoms with E-state index in [4.69, 9.17) is 0 Å². The second kappa shape index (κ2) is 8.24. The average Bonchev–Trinajstić information content (AvgIpc) is 2.98. The predicted molar refractivity (Wildman–Crippen MR) is 104 cm³/mol. The van der Waals surface area contributed by atoms with Crippen LogP contribution in [0.25, 0.3) is 0 Å². The van der Waals surface area contributed by atoms with Crippen LogP contribution in [0.15, 0.2) is 30.3 Å². The van der Waals surface area contributed by atoms with Crippen LogP contribution in [0.2, 0.25) is 0 Å². The van der Waals surface area contributed by atoms with Crippen LogP contribution in [0.5, 0.6) is 0 Å². The fourth-order valence-corrected chi connectivity index (χ4v) is 3.37. The molecule has 0 spiro atoms. The second-order valence-corrected chi connectivity index (χ2v) is 6.90. The van der Waals surface area contributed by atoms with Crippen LogP contribution in [0.4, 0.5) is 4.79 Å². The van der Waals surface area contributed by atoms with E-state index < -0.39 is 0 Å². The van der Waals surface area contributed by atoms with E-state index in [2.05, 4.69) is 10.4 Å². The maximum Gasteiger partial charge on any atom is 0.317 e. The van der Waals surface area contributed by atoms with Gasteiger partial charge in [-0.05, 0) is 44.5 Å². The Hall–Kier alpha value is -2.83. The van der Waals surface area contributed by atoms with Crippen LogP contribution >= 0.6 is 0 Å².